The van der Waals surface area contributed by atoms with Gasteiger partial charge in [0, 0.05) is 17.6 Å². The molecule has 0 radical (unpaired) electrons. The van der Waals surface area contributed by atoms with Gasteiger partial charge in [0.25, 0.3) is 0 Å². The van der Waals surface area contributed by atoms with E-state index >= 15 is 0 Å². The summed E-state index contributed by atoms with van der Waals surface area (Å²) in [6, 6.07) is 7.02. The average Bonchev–Trinajstić information content (AvgIpc) is 3.19. The van der Waals surface area contributed by atoms with Gasteiger partial charge in [-0.3, -0.25) is 0 Å². The Balaban J connectivity index is 2.18. The lowest BCUT2D eigenvalue weighted by Crippen LogP contribution is -2.43. The van der Waals surface area contributed by atoms with E-state index in [1.807, 2.05) is 13.8 Å². The predicted octanol–water partition coefficient (Wildman–Crippen LogP) is 2.11. The van der Waals surface area contributed by atoms with Crippen molar-refractivity contribution in [3.63, 3.8) is 0 Å². The van der Waals surface area contributed by atoms with Crippen LogP contribution in [-0.4, -0.2) is 37.7 Å². The molecule has 0 saturated heterocycles. The molecule has 122 valence electrons. The second kappa shape index (κ2) is 6.56. The van der Waals surface area contributed by atoms with E-state index in [-0.39, 0.29) is 23.9 Å². The first-order valence-corrected chi connectivity index (χ1v) is 9.12. The summed E-state index contributed by atoms with van der Waals surface area (Å²) < 4.78 is 27.7. The second-order valence-electron chi connectivity index (χ2n) is 5.86. The van der Waals surface area contributed by atoms with Crippen molar-refractivity contribution in [3.05, 3.63) is 29.8 Å². The first kappa shape index (κ1) is 16.6. The molecule has 0 bridgehead atoms. The number of benzene rings is 1. The van der Waals surface area contributed by atoms with Gasteiger partial charge in [-0.2, -0.15) is 8.42 Å². The van der Waals surface area contributed by atoms with Crippen molar-refractivity contribution in [2.24, 2.45) is 0 Å². The molecule has 0 heterocycles. The topological polar surface area (TPSA) is 75.7 Å². The number of carbonyl (C=O) groups excluding carboxylic acids is 1. The summed E-state index contributed by atoms with van der Waals surface area (Å²) in [5.74, 6) is 0.271. The van der Waals surface area contributed by atoms with Crippen molar-refractivity contribution >= 4 is 16.1 Å². The Hall–Kier alpha value is -1.76. The number of carbonyl (C=O) groups is 1. The first-order chi connectivity index (χ1) is 10.3. The van der Waals surface area contributed by atoms with Crippen LogP contribution in [-0.2, 0) is 16.7 Å². The molecule has 1 N–H and O–H groups in total. The Kier molecular flexibility index (Phi) is 4.95. The van der Waals surface area contributed by atoms with Gasteiger partial charge < -0.3 is 14.4 Å². The highest BCUT2D eigenvalue weighted by Gasteiger charge is 2.33. The molecule has 0 aromatic heterocycles. The molecule has 1 saturated carbocycles. The molecule has 0 spiro atoms. The fraction of sp³-hybridized carbons (Fsp3) is 0.533. The smallest absolute Gasteiger partial charge is 0.318 e. The molecule has 0 unspecified atom stereocenters. The minimum atomic E-state index is -3.60. The molecule has 1 aromatic rings. The molecule has 2 rings (SSSR count). The van der Waals surface area contributed by atoms with Crippen LogP contribution < -0.4 is 9.50 Å². The third kappa shape index (κ3) is 4.91. The molecule has 7 heteroatoms. The fourth-order valence-electron chi connectivity index (χ4n) is 2.15. The highest BCUT2D eigenvalue weighted by atomic mass is 32.2. The number of hydrogen-bond donors (Lipinski definition) is 1. The molecular weight excluding hydrogens is 304 g/mol. The second-order valence-corrected chi connectivity index (χ2v) is 7.43. The molecule has 6 nitrogen and oxygen atoms in total. The average molecular weight is 326 g/mol. The molecule has 1 aliphatic carbocycles. The lowest BCUT2D eigenvalue weighted by atomic mass is 10.2. The quantitative estimate of drug-likeness (QED) is 0.812. The van der Waals surface area contributed by atoms with Crippen LogP contribution in [0.5, 0.6) is 5.75 Å². The summed E-state index contributed by atoms with van der Waals surface area (Å²) >= 11 is 0. The number of urea groups is 1. The van der Waals surface area contributed by atoms with Crippen molar-refractivity contribution in [1.82, 2.24) is 10.2 Å². The van der Waals surface area contributed by atoms with Crippen LogP contribution in [0.1, 0.15) is 32.3 Å². The SMILES string of the molecule is CC(C)NC(=O)N(Cc1ccccc1OS(C)(=O)=O)C1CC1. The van der Waals surface area contributed by atoms with Gasteiger partial charge >= 0.3 is 16.1 Å². The van der Waals surface area contributed by atoms with E-state index in [2.05, 4.69) is 5.32 Å². The Morgan fingerprint density at radius 3 is 2.55 bits per heavy atom. The highest BCUT2D eigenvalue weighted by Crippen LogP contribution is 2.30. The van der Waals surface area contributed by atoms with Crippen LogP contribution in [0.25, 0.3) is 0 Å². The number of nitrogens with one attached hydrogen (secondary N) is 1. The van der Waals surface area contributed by atoms with Crippen LogP contribution in [0.4, 0.5) is 4.79 Å². The van der Waals surface area contributed by atoms with E-state index in [1.165, 1.54) is 0 Å². The van der Waals surface area contributed by atoms with Gasteiger partial charge in [0.2, 0.25) is 0 Å². The van der Waals surface area contributed by atoms with Gasteiger partial charge in [-0.1, -0.05) is 18.2 Å². The van der Waals surface area contributed by atoms with Gasteiger partial charge in [-0.15, -0.1) is 0 Å². The number of amides is 2. The molecule has 1 fully saturated rings. The zero-order valence-corrected chi connectivity index (χ0v) is 13.9. The van der Waals surface area contributed by atoms with Crippen molar-refractivity contribution in [3.8, 4) is 5.75 Å². The number of para-hydroxylation sites is 1. The van der Waals surface area contributed by atoms with E-state index in [0.29, 0.717) is 12.1 Å². The predicted molar refractivity (Wildman–Crippen MR) is 84.1 cm³/mol. The monoisotopic (exact) mass is 326 g/mol. The summed E-state index contributed by atoms with van der Waals surface area (Å²) in [4.78, 5) is 14.0. The first-order valence-electron chi connectivity index (χ1n) is 7.31. The van der Waals surface area contributed by atoms with Crippen LogP contribution in [0.2, 0.25) is 0 Å². The summed E-state index contributed by atoms with van der Waals surface area (Å²) in [6.07, 6.45) is 2.95. The van der Waals surface area contributed by atoms with Gasteiger partial charge in [-0.05, 0) is 32.8 Å². The Morgan fingerprint density at radius 2 is 2.00 bits per heavy atom. The zero-order valence-electron chi connectivity index (χ0n) is 13.1. The van der Waals surface area contributed by atoms with Crippen molar-refractivity contribution in [1.29, 1.82) is 0 Å². The molecule has 0 aliphatic heterocycles. The number of rotatable bonds is 6. The van der Waals surface area contributed by atoms with Gasteiger partial charge in [0.05, 0.1) is 12.8 Å². The maximum absolute atomic E-state index is 12.3. The third-order valence-corrected chi connectivity index (χ3v) is 3.70. The Morgan fingerprint density at radius 1 is 1.36 bits per heavy atom. The van der Waals surface area contributed by atoms with E-state index in [9.17, 15) is 13.2 Å². The normalized spacial score (nSPS) is 14.7. The maximum atomic E-state index is 12.3. The minimum Gasteiger partial charge on any atom is -0.382 e. The number of nitrogens with zero attached hydrogens (tertiary/aromatic N) is 1. The fourth-order valence-corrected chi connectivity index (χ4v) is 2.63. The van der Waals surface area contributed by atoms with E-state index in [0.717, 1.165) is 19.1 Å². The standard InChI is InChI=1S/C15H22N2O4S/c1-11(2)16-15(18)17(13-8-9-13)10-12-6-4-5-7-14(12)21-22(3,19)20/h4-7,11,13H,8-10H2,1-3H3,(H,16,18). The van der Waals surface area contributed by atoms with Crippen molar-refractivity contribution in [2.75, 3.05) is 6.26 Å². The van der Waals surface area contributed by atoms with Crippen molar-refractivity contribution < 1.29 is 17.4 Å². The summed E-state index contributed by atoms with van der Waals surface area (Å²) in [6.45, 7) is 4.14. The van der Waals surface area contributed by atoms with Crippen LogP contribution in [0.15, 0.2) is 24.3 Å². The lowest BCUT2D eigenvalue weighted by molar-refractivity contribution is 0.189. The molecular formula is C15H22N2O4S. The minimum absolute atomic E-state index is 0.0521. The van der Waals surface area contributed by atoms with Gasteiger partial charge in [0.15, 0.2) is 0 Å². The Bertz CT molecular complexity index is 639. The molecule has 1 aromatic carbocycles. The van der Waals surface area contributed by atoms with Gasteiger partial charge in [-0.25, -0.2) is 4.79 Å². The molecule has 1 aliphatic rings. The molecule has 2 amide bonds. The van der Waals surface area contributed by atoms with E-state index in [4.69, 9.17) is 4.18 Å². The summed E-state index contributed by atoms with van der Waals surface area (Å²) in [7, 11) is -3.60. The van der Waals surface area contributed by atoms with E-state index in [1.54, 1.807) is 29.2 Å². The van der Waals surface area contributed by atoms with E-state index < -0.39 is 10.1 Å². The maximum Gasteiger partial charge on any atom is 0.318 e. The summed E-state index contributed by atoms with van der Waals surface area (Å²) in [5, 5.41) is 2.88. The largest absolute Gasteiger partial charge is 0.382 e. The third-order valence-electron chi connectivity index (χ3n) is 3.22. The van der Waals surface area contributed by atoms with Gasteiger partial charge in [0.1, 0.15) is 5.75 Å². The Labute approximate surface area is 131 Å². The van der Waals surface area contributed by atoms with Crippen LogP contribution in [0.3, 0.4) is 0 Å². The molecule has 0 atom stereocenters. The lowest BCUT2D eigenvalue weighted by Gasteiger charge is -2.25. The zero-order chi connectivity index (χ0) is 16.3. The van der Waals surface area contributed by atoms with Crippen LogP contribution in [0, 0.1) is 0 Å². The summed E-state index contributed by atoms with van der Waals surface area (Å²) in [5.41, 5.74) is 0.679. The number of hydrogen-bond acceptors (Lipinski definition) is 4. The van der Waals surface area contributed by atoms with Crippen LogP contribution >= 0.6 is 0 Å². The van der Waals surface area contributed by atoms with Crippen molar-refractivity contribution in [2.45, 2.75) is 45.3 Å². The highest BCUT2D eigenvalue weighted by molar-refractivity contribution is 7.86. The molecule has 22 heavy (non-hydrogen) atoms.